The summed E-state index contributed by atoms with van der Waals surface area (Å²) in [5.41, 5.74) is 0.700. The van der Waals surface area contributed by atoms with Gasteiger partial charge >= 0.3 is 5.97 Å². The molecule has 0 bridgehead atoms. The van der Waals surface area contributed by atoms with E-state index in [4.69, 9.17) is 0 Å². The number of hydrogen-bond acceptors (Lipinski definition) is 4. The summed E-state index contributed by atoms with van der Waals surface area (Å²) < 4.78 is 17.2. The molecule has 0 saturated carbocycles. The van der Waals surface area contributed by atoms with Gasteiger partial charge in [-0.05, 0) is 43.2 Å². The quantitative estimate of drug-likeness (QED) is 0.457. The smallest absolute Gasteiger partial charge is 0.305 e. The summed E-state index contributed by atoms with van der Waals surface area (Å²) in [7, 11) is 1.31. The lowest BCUT2D eigenvalue weighted by Crippen LogP contribution is -2.23. The first kappa shape index (κ1) is 19.6. The second-order valence-electron chi connectivity index (χ2n) is 5.05. The van der Waals surface area contributed by atoms with Crippen LogP contribution in [0.3, 0.4) is 0 Å². The van der Waals surface area contributed by atoms with Crippen molar-refractivity contribution >= 4 is 5.97 Å². The fourth-order valence-corrected chi connectivity index (χ4v) is 1.80. The molecule has 128 valence electrons. The SMILES string of the molecule is COC(=O)CCC[C@H](O)[C@H](O)/C=C/C=C/C#Cc1ccc(F)cc1. The minimum atomic E-state index is -1.02. The predicted molar refractivity (Wildman–Crippen MR) is 89.4 cm³/mol. The van der Waals surface area contributed by atoms with E-state index in [1.807, 2.05) is 0 Å². The Morgan fingerprint density at radius 1 is 1.29 bits per heavy atom. The fraction of sp³-hybridized carbons (Fsp3) is 0.316. The normalized spacial score (nSPS) is 13.5. The van der Waals surface area contributed by atoms with Crippen molar-refractivity contribution in [3.63, 3.8) is 0 Å². The van der Waals surface area contributed by atoms with Crippen molar-refractivity contribution < 1.29 is 24.1 Å². The standard InChI is InChI=1S/C19H21FO4/c1-24-19(23)10-6-9-18(22)17(21)8-5-3-2-4-7-15-11-13-16(20)14-12-15/h2-3,5,8,11-14,17-18,21-22H,6,9-10H2,1H3/b3-2+,8-5+/t17-,18+/m1/s1. The summed E-state index contributed by atoms with van der Waals surface area (Å²) >= 11 is 0. The molecule has 0 aliphatic heterocycles. The van der Waals surface area contributed by atoms with Gasteiger partial charge in [-0.25, -0.2) is 4.39 Å². The zero-order chi connectivity index (χ0) is 17.8. The van der Waals surface area contributed by atoms with Crippen molar-refractivity contribution in [1.82, 2.24) is 0 Å². The number of aliphatic hydroxyl groups excluding tert-OH is 2. The van der Waals surface area contributed by atoms with Gasteiger partial charge in [-0.1, -0.05) is 30.1 Å². The van der Waals surface area contributed by atoms with Crippen LogP contribution in [0.15, 0.2) is 48.6 Å². The molecule has 0 heterocycles. The first-order chi connectivity index (χ1) is 11.5. The zero-order valence-electron chi connectivity index (χ0n) is 13.5. The summed E-state index contributed by atoms with van der Waals surface area (Å²) in [4.78, 5) is 10.9. The average Bonchev–Trinajstić information content (AvgIpc) is 2.58. The van der Waals surface area contributed by atoms with E-state index in [1.165, 1.54) is 25.3 Å². The Labute approximate surface area is 141 Å². The highest BCUT2D eigenvalue weighted by Crippen LogP contribution is 2.07. The number of carbonyl (C=O) groups excluding carboxylic acids is 1. The van der Waals surface area contributed by atoms with Crippen LogP contribution < -0.4 is 0 Å². The van der Waals surface area contributed by atoms with E-state index in [9.17, 15) is 19.4 Å². The first-order valence-electron chi connectivity index (χ1n) is 7.56. The number of allylic oxidation sites excluding steroid dienone is 3. The van der Waals surface area contributed by atoms with Crippen molar-refractivity contribution in [2.24, 2.45) is 0 Å². The molecule has 24 heavy (non-hydrogen) atoms. The van der Waals surface area contributed by atoms with Crippen LogP contribution in [-0.4, -0.2) is 35.5 Å². The molecule has 4 nitrogen and oxygen atoms in total. The molecule has 0 unspecified atom stereocenters. The minimum absolute atomic E-state index is 0.211. The monoisotopic (exact) mass is 332 g/mol. The van der Waals surface area contributed by atoms with E-state index in [0.717, 1.165) is 0 Å². The van der Waals surface area contributed by atoms with Gasteiger partial charge in [-0.2, -0.15) is 0 Å². The Hall–Kier alpha value is -2.42. The number of benzene rings is 1. The lowest BCUT2D eigenvalue weighted by atomic mass is 10.1. The average molecular weight is 332 g/mol. The third kappa shape index (κ3) is 8.28. The van der Waals surface area contributed by atoms with Crippen LogP contribution in [0.4, 0.5) is 4.39 Å². The lowest BCUT2D eigenvalue weighted by molar-refractivity contribution is -0.140. The largest absolute Gasteiger partial charge is 0.469 e. The molecule has 0 aromatic heterocycles. The van der Waals surface area contributed by atoms with E-state index in [1.54, 1.807) is 30.4 Å². The van der Waals surface area contributed by atoms with Crippen molar-refractivity contribution in [3.05, 3.63) is 60.0 Å². The number of hydrogen-bond donors (Lipinski definition) is 2. The Morgan fingerprint density at radius 3 is 2.67 bits per heavy atom. The Kier molecular flexibility index (Phi) is 9.13. The van der Waals surface area contributed by atoms with Crippen LogP contribution in [0.5, 0.6) is 0 Å². The third-order valence-electron chi connectivity index (χ3n) is 3.16. The second-order valence-corrected chi connectivity index (χ2v) is 5.05. The molecule has 2 N–H and O–H groups in total. The first-order valence-corrected chi connectivity index (χ1v) is 7.56. The number of rotatable bonds is 7. The summed E-state index contributed by atoms with van der Waals surface area (Å²) in [5.74, 6) is 4.97. The molecule has 1 aromatic rings. The molecule has 0 radical (unpaired) electrons. The van der Waals surface area contributed by atoms with E-state index in [-0.39, 0.29) is 18.2 Å². The van der Waals surface area contributed by atoms with E-state index < -0.39 is 12.2 Å². The molecule has 2 atom stereocenters. The molecule has 0 aliphatic rings. The maximum absolute atomic E-state index is 12.7. The molecular weight excluding hydrogens is 311 g/mol. The van der Waals surface area contributed by atoms with Crippen LogP contribution in [0.25, 0.3) is 0 Å². The fourth-order valence-electron chi connectivity index (χ4n) is 1.80. The zero-order valence-corrected chi connectivity index (χ0v) is 13.5. The maximum Gasteiger partial charge on any atom is 0.305 e. The molecule has 0 amide bonds. The summed E-state index contributed by atoms with van der Waals surface area (Å²) in [5, 5.41) is 19.5. The number of ether oxygens (including phenoxy) is 1. The lowest BCUT2D eigenvalue weighted by Gasteiger charge is -2.13. The number of methoxy groups -OCH3 is 1. The van der Waals surface area contributed by atoms with Gasteiger partial charge in [0.1, 0.15) is 5.82 Å². The number of halogens is 1. The van der Waals surface area contributed by atoms with E-state index in [0.29, 0.717) is 18.4 Å². The van der Waals surface area contributed by atoms with Crippen molar-refractivity contribution in [1.29, 1.82) is 0 Å². The third-order valence-corrected chi connectivity index (χ3v) is 3.16. The van der Waals surface area contributed by atoms with Crippen molar-refractivity contribution in [3.8, 4) is 11.8 Å². The maximum atomic E-state index is 12.7. The highest BCUT2D eigenvalue weighted by Gasteiger charge is 2.13. The molecule has 0 saturated heterocycles. The van der Waals surface area contributed by atoms with Crippen LogP contribution in [0, 0.1) is 17.7 Å². The number of aliphatic hydroxyl groups is 2. The van der Waals surface area contributed by atoms with E-state index >= 15 is 0 Å². The molecule has 1 aromatic carbocycles. The van der Waals surface area contributed by atoms with Crippen LogP contribution in [-0.2, 0) is 9.53 Å². The van der Waals surface area contributed by atoms with Gasteiger partial charge in [0.25, 0.3) is 0 Å². The molecular formula is C19H21FO4. The number of esters is 1. The van der Waals surface area contributed by atoms with Gasteiger partial charge in [0, 0.05) is 12.0 Å². The van der Waals surface area contributed by atoms with Crippen LogP contribution >= 0.6 is 0 Å². The Balaban J connectivity index is 2.34. The van der Waals surface area contributed by atoms with Gasteiger partial charge in [-0.3, -0.25) is 4.79 Å². The van der Waals surface area contributed by atoms with Gasteiger partial charge in [0.15, 0.2) is 0 Å². The summed E-state index contributed by atoms with van der Waals surface area (Å²) in [6.45, 7) is 0. The van der Waals surface area contributed by atoms with Gasteiger partial charge in [0.05, 0.1) is 19.3 Å². The van der Waals surface area contributed by atoms with Gasteiger partial charge < -0.3 is 14.9 Å². The molecule has 5 heteroatoms. The predicted octanol–water partition coefficient (Wildman–Crippen LogP) is 2.35. The van der Waals surface area contributed by atoms with Gasteiger partial charge in [-0.15, -0.1) is 0 Å². The topological polar surface area (TPSA) is 66.8 Å². The highest BCUT2D eigenvalue weighted by molar-refractivity contribution is 5.68. The van der Waals surface area contributed by atoms with Crippen molar-refractivity contribution in [2.75, 3.05) is 7.11 Å². The summed E-state index contributed by atoms with van der Waals surface area (Å²) in [6.07, 6.45) is 5.22. The molecule has 0 aliphatic carbocycles. The van der Waals surface area contributed by atoms with Crippen LogP contribution in [0.1, 0.15) is 24.8 Å². The van der Waals surface area contributed by atoms with Crippen molar-refractivity contribution in [2.45, 2.75) is 31.5 Å². The highest BCUT2D eigenvalue weighted by atomic mass is 19.1. The minimum Gasteiger partial charge on any atom is -0.469 e. The Bertz CT molecular complexity index is 623. The second kappa shape index (κ2) is 11.2. The van der Waals surface area contributed by atoms with Gasteiger partial charge in [0.2, 0.25) is 0 Å². The molecule has 0 fully saturated rings. The van der Waals surface area contributed by atoms with Crippen LogP contribution in [0.2, 0.25) is 0 Å². The molecule has 0 spiro atoms. The number of carbonyl (C=O) groups is 1. The molecule has 1 rings (SSSR count). The Morgan fingerprint density at radius 2 is 2.00 bits per heavy atom. The van der Waals surface area contributed by atoms with E-state index in [2.05, 4.69) is 16.6 Å². The summed E-state index contributed by atoms with van der Waals surface area (Å²) in [6, 6.07) is 5.85.